The molecule has 0 aromatic heterocycles. The molecule has 2 unspecified atom stereocenters. The number of imide groups is 1. The fourth-order valence-electron chi connectivity index (χ4n) is 5.32. The summed E-state index contributed by atoms with van der Waals surface area (Å²) in [7, 11) is 1.22. The van der Waals surface area contributed by atoms with Gasteiger partial charge in [0.2, 0.25) is 0 Å². The molecule has 3 aromatic carbocycles. The topological polar surface area (TPSA) is 102 Å². The van der Waals surface area contributed by atoms with Gasteiger partial charge in [0.05, 0.1) is 18.7 Å². The Morgan fingerprint density at radius 1 is 1.04 bits per heavy atom. The number of hydrogen-bond donors (Lipinski definition) is 1. The Bertz CT molecular complexity index is 1620. The van der Waals surface area contributed by atoms with Crippen molar-refractivity contribution in [2.24, 2.45) is 0 Å². The van der Waals surface area contributed by atoms with Crippen LogP contribution in [0, 0.1) is 11.6 Å². The number of nitrogens with zero attached hydrogens (tertiary/aromatic N) is 2. The van der Waals surface area contributed by atoms with Crippen molar-refractivity contribution in [3.8, 4) is 5.75 Å². The van der Waals surface area contributed by atoms with Crippen LogP contribution in [0.1, 0.15) is 54.0 Å². The Morgan fingerprint density at radius 3 is 2.35 bits per heavy atom. The van der Waals surface area contributed by atoms with Crippen LogP contribution in [-0.4, -0.2) is 53.3 Å². The molecule has 1 aliphatic rings. The first kappa shape index (κ1) is 36.8. The molecule has 0 fully saturated rings. The number of methoxy groups -OCH3 is 1. The van der Waals surface area contributed by atoms with E-state index in [9.17, 15) is 37.1 Å². The molecule has 46 heavy (non-hydrogen) atoms. The van der Waals surface area contributed by atoms with Crippen molar-refractivity contribution >= 4 is 23.6 Å². The zero-order valence-electron chi connectivity index (χ0n) is 25.4. The minimum Gasteiger partial charge on any atom is -0.550 e. The number of benzene rings is 3. The summed E-state index contributed by atoms with van der Waals surface area (Å²) in [6, 6.07) is 13.2. The summed E-state index contributed by atoms with van der Waals surface area (Å²) in [5, 5.41) is 14.0. The van der Waals surface area contributed by atoms with Crippen LogP contribution >= 0.6 is 0 Å². The minimum absolute atomic E-state index is 0. The number of halogens is 5. The Hall–Kier alpha value is -3.65. The standard InChI is InChI=1S/C32H30F5N3O5.Na/c1-19-28(21-11-6-14-26(45-2)29(21)34)30(43)40(18-25(20-9-4-3-5-10-20)38-16-8-15-27(41)42)31(44)39(19)17-22-23(32(35,36)37)12-7-13-24(22)33;/h3-7,9-14,25,28,38H,8,15-18H2,1-2H3;/q;+1. The van der Waals surface area contributed by atoms with Crippen LogP contribution in [0.2, 0.25) is 0 Å². The SMILES string of the molecule is COc1cccc(C2C(=O)N(CC(NCCCC(=O)[O-])c3ccccc3)C(=O)[N+](Cc3c(F)cccc3C(F)(F)F)=C2C)c1F.[Na+]. The van der Waals surface area contributed by atoms with E-state index >= 15 is 4.39 Å². The first-order valence-electron chi connectivity index (χ1n) is 14.0. The van der Waals surface area contributed by atoms with Gasteiger partial charge in [0, 0.05) is 17.1 Å². The molecular formula is C32H30F5N3NaO5+. The molecule has 3 amide bonds. The number of rotatable bonds is 12. The Morgan fingerprint density at radius 2 is 1.72 bits per heavy atom. The van der Waals surface area contributed by atoms with E-state index in [0.717, 1.165) is 21.6 Å². The molecule has 0 bridgehead atoms. The maximum atomic E-state index is 15.6. The van der Waals surface area contributed by atoms with Crippen LogP contribution < -0.4 is 44.7 Å². The molecule has 2 atom stereocenters. The zero-order valence-corrected chi connectivity index (χ0v) is 27.4. The van der Waals surface area contributed by atoms with Gasteiger partial charge in [0.1, 0.15) is 30.5 Å². The fourth-order valence-corrected chi connectivity index (χ4v) is 5.32. The molecule has 0 spiro atoms. The molecule has 0 radical (unpaired) electrons. The molecule has 14 heteroatoms. The van der Waals surface area contributed by atoms with E-state index < -0.39 is 65.3 Å². The van der Waals surface area contributed by atoms with Gasteiger partial charge in [-0.2, -0.15) is 27.4 Å². The number of nitrogens with one attached hydrogen (secondary N) is 1. The number of hydrogen-bond acceptors (Lipinski definition) is 6. The van der Waals surface area contributed by atoms with Crippen molar-refractivity contribution in [1.82, 2.24) is 10.2 Å². The second kappa shape index (κ2) is 15.8. The zero-order chi connectivity index (χ0) is 32.9. The van der Waals surface area contributed by atoms with Crippen LogP contribution in [0.5, 0.6) is 5.75 Å². The number of aliphatic carboxylic acids is 1. The molecule has 3 aromatic rings. The van der Waals surface area contributed by atoms with E-state index in [0.29, 0.717) is 11.6 Å². The summed E-state index contributed by atoms with van der Waals surface area (Å²) in [6.45, 7) is 0.198. The van der Waals surface area contributed by atoms with Crippen molar-refractivity contribution in [3.05, 3.63) is 101 Å². The normalized spacial score (nSPS) is 15.9. The first-order valence-corrected chi connectivity index (χ1v) is 14.0. The van der Waals surface area contributed by atoms with Crippen molar-refractivity contribution in [2.75, 3.05) is 20.2 Å². The van der Waals surface area contributed by atoms with E-state index in [-0.39, 0.29) is 72.5 Å². The van der Waals surface area contributed by atoms with Gasteiger partial charge in [-0.25, -0.2) is 13.6 Å². The largest absolute Gasteiger partial charge is 1.00 e. The molecule has 1 N–H and O–H groups in total. The molecule has 1 heterocycles. The quantitative estimate of drug-likeness (QED) is 0.138. The number of carbonyl (C=O) groups excluding carboxylic acids is 3. The first-order chi connectivity index (χ1) is 21.3. The number of amides is 3. The number of ether oxygens (including phenoxy) is 1. The van der Waals surface area contributed by atoms with E-state index in [4.69, 9.17) is 4.74 Å². The van der Waals surface area contributed by atoms with Crippen LogP contribution in [0.25, 0.3) is 0 Å². The predicted molar refractivity (Wildman–Crippen MR) is 150 cm³/mol. The van der Waals surface area contributed by atoms with Gasteiger partial charge in [-0.05, 0) is 50.1 Å². The Labute approximate surface area is 284 Å². The molecule has 1 aliphatic heterocycles. The minimum atomic E-state index is -4.95. The van der Waals surface area contributed by atoms with E-state index in [1.807, 2.05) is 0 Å². The molecule has 4 rings (SSSR count). The van der Waals surface area contributed by atoms with Gasteiger partial charge >= 0.3 is 47.7 Å². The molecule has 0 saturated carbocycles. The summed E-state index contributed by atoms with van der Waals surface area (Å²) >= 11 is 0. The summed E-state index contributed by atoms with van der Waals surface area (Å²) in [4.78, 5) is 39.7. The number of carboxylic acids is 1. The molecular weight excluding hydrogens is 624 g/mol. The Balaban J connectivity index is 0.00000576. The van der Waals surface area contributed by atoms with Gasteiger partial charge in [0.15, 0.2) is 11.6 Å². The number of carboxylic acid groups (broad SMARTS) is 1. The third-order valence-corrected chi connectivity index (χ3v) is 7.60. The van der Waals surface area contributed by atoms with Crippen LogP contribution in [0.4, 0.5) is 26.7 Å². The summed E-state index contributed by atoms with van der Waals surface area (Å²) < 4.78 is 78.1. The molecule has 8 nitrogen and oxygen atoms in total. The van der Waals surface area contributed by atoms with Crippen LogP contribution in [0.15, 0.2) is 66.7 Å². The van der Waals surface area contributed by atoms with Crippen molar-refractivity contribution in [2.45, 2.75) is 44.4 Å². The second-order valence-corrected chi connectivity index (χ2v) is 10.4. The van der Waals surface area contributed by atoms with Crippen molar-refractivity contribution < 1.29 is 80.3 Å². The summed E-state index contributed by atoms with van der Waals surface area (Å²) in [6.07, 6.45) is -5.04. The van der Waals surface area contributed by atoms with Crippen molar-refractivity contribution in [3.63, 3.8) is 0 Å². The van der Waals surface area contributed by atoms with Crippen LogP contribution in [-0.2, 0) is 22.3 Å². The Kier molecular flexibility index (Phi) is 12.6. The van der Waals surface area contributed by atoms with E-state index in [1.54, 1.807) is 30.3 Å². The van der Waals surface area contributed by atoms with Crippen LogP contribution in [0.3, 0.4) is 0 Å². The van der Waals surface area contributed by atoms with Gasteiger partial charge in [-0.1, -0.05) is 48.5 Å². The number of alkyl halides is 3. The fraction of sp³-hybridized carbons (Fsp3) is 0.312. The van der Waals surface area contributed by atoms with E-state index in [2.05, 4.69) is 5.32 Å². The maximum Gasteiger partial charge on any atom is 1.00 e. The molecule has 238 valence electrons. The average Bonchev–Trinajstić information content (AvgIpc) is 2.99. The number of urea groups is 1. The smallest absolute Gasteiger partial charge is 0.550 e. The monoisotopic (exact) mass is 654 g/mol. The third-order valence-electron chi connectivity index (χ3n) is 7.60. The number of carbonyl (C=O) groups is 3. The molecule has 0 saturated heterocycles. The summed E-state index contributed by atoms with van der Waals surface area (Å²) in [5.41, 5.74) is -1.81. The van der Waals surface area contributed by atoms with Gasteiger partial charge < -0.3 is 20.0 Å². The van der Waals surface area contributed by atoms with Gasteiger partial charge in [0.25, 0.3) is 0 Å². The van der Waals surface area contributed by atoms with E-state index in [1.165, 1.54) is 32.2 Å². The maximum absolute atomic E-state index is 15.6. The van der Waals surface area contributed by atoms with Gasteiger partial charge in [-0.3, -0.25) is 0 Å². The third kappa shape index (κ3) is 8.19. The average molecular weight is 655 g/mol. The molecule has 0 aliphatic carbocycles. The van der Waals surface area contributed by atoms with Gasteiger partial charge in [-0.15, -0.1) is 0 Å². The van der Waals surface area contributed by atoms with Crippen molar-refractivity contribution in [1.29, 1.82) is 0 Å². The second-order valence-electron chi connectivity index (χ2n) is 10.4. The summed E-state index contributed by atoms with van der Waals surface area (Å²) in [5.74, 6) is -5.92. The predicted octanol–water partition coefficient (Wildman–Crippen LogP) is 1.58.